The van der Waals surface area contributed by atoms with Gasteiger partial charge in [-0.3, -0.25) is 9.59 Å². The van der Waals surface area contributed by atoms with Crippen LogP contribution in [-0.4, -0.2) is 18.4 Å². The molecule has 0 radical (unpaired) electrons. The van der Waals surface area contributed by atoms with Gasteiger partial charge in [0.15, 0.2) is 0 Å². The van der Waals surface area contributed by atoms with Crippen molar-refractivity contribution < 1.29 is 14.3 Å². The molecule has 2 aromatic carbocycles. The molecule has 0 bridgehead atoms. The average Bonchev–Trinajstić information content (AvgIpc) is 2.50. The van der Waals surface area contributed by atoms with Crippen LogP contribution in [0.4, 0.5) is 11.4 Å². The van der Waals surface area contributed by atoms with E-state index in [0.29, 0.717) is 23.5 Å². The van der Waals surface area contributed by atoms with Crippen LogP contribution in [0.15, 0.2) is 42.5 Å². The zero-order chi connectivity index (χ0) is 16.8. The highest BCUT2D eigenvalue weighted by atomic mass is 16.5. The molecule has 0 fully saturated rings. The van der Waals surface area contributed by atoms with Crippen molar-refractivity contribution in [2.75, 3.05) is 17.2 Å². The summed E-state index contributed by atoms with van der Waals surface area (Å²) in [6.45, 7) is 5.91. The molecule has 2 rings (SSSR count). The van der Waals surface area contributed by atoms with Crippen molar-refractivity contribution in [2.24, 2.45) is 0 Å². The second-order valence-corrected chi connectivity index (χ2v) is 5.13. The van der Waals surface area contributed by atoms with Crippen molar-refractivity contribution in [2.45, 2.75) is 20.8 Å². The Bertz CT molecular complexity index is 709. The van der Waals surface area contributed by atoms with Crippen LogP contribution in [0.3, 0.4) is 0 Å². The van der Waals surface area contributed by atoms with Crippen LogP contribution in [0.1, 0.15) is 29.8 Å². The van der Waals surface area contributed by atoms with Gasteiger partial charge in [-0.15, -0.1) is 0 Å². The number of benzene rings is 2. The summed E-state index contributed by atoms with van der Waals surface area (Å²) in [7, 11) is 0. The third-order valence-corrected chi connectivity index (χ3v) is 3.20. The number of anilines is 2. The molecule has 0 atom stereocenters. The van der Waals surface area contributed by atoms with Crippen LogP contribution < -0.4 is 15.4 Å². The van der Waals surface area contributed by atoms with Crippen molar-refractivity contribution in [3.05, 3.63) is 53.6 Å². The molecule has 0 saturated heterocycles. The van der Waals surface area contributed by atoms with Gasteiger partial charge in [-0.25, -0.2) is 0 Å². The number of rotatable bonds is 5. The van der Waals surface area contributed by atoms with Gasteiger partial charge in [0.05, 0.1) is 6.61 Å². The van der Waals surface area contributed by atoms with E-state index in [0.717, 1.165) is 11.3 Å². The van der Waals surface area contributed by atoms with Crippen molar-refractivity contribution in [3.63, 3.8) is 0 Å². The Kier molecular flexibility index (Phi) is 5.36. The highest BCUT2D eigenvalue weighted by Crippen LogP contribution is 2.22. The maximum absolute atomic E-state index is 12.2. The smallest absolute Gasteiger partial charge is 0.255 e. The summed E-state index contributed by atoms with van der Waals surface area (Å²) < 4.78 is 5.48. The lowest BCUT2D eigenvalue weighted by atomic mass is 10.1. The fraction of sp³-hybridized carbons (Fsp3) is 0.222. The lowest BCUT2D eigenvalue weighted by Crippen LogP contribution is -2.12. The van der Waals surface area contributed by atoms with Gasteiger partial charge in [-0.1, -0.05) is 0 Å². The van der Waals surface area contributed by atoms with Gasteiger partial charge < -0.3 is 15.4 Å². The molecule has 5 heteroatoms. The topological polar surface area (TPSA) is 67.4 Å². The number of ether oxygens (including phenoxy) is 1. The molecular weight excluding hydrogens is 292 g/mol. The number of nitrogens with one attached hydrogen (secondary N) is 2. The number of amides is 2. The molecule has 120 valence electrons. The Morgan fingerprint density at radius 3 is 2.22 bits per heavy atom. The van der Waals surface area contributed by atoms with E-state index in [1.165, 1.54) is 6.92 Å². The van der Waals surface area contributed by atoms with E-state index in [4.69, 9.17) is 4.74 Å². The lowest BCUT2D eigenvalue weighted by molar-refractivity contribution is -0.114. The normalized spacial score (nSPS) is 10.0. The summed E-state index contributed by atoms with van der Waals surface area (Å²) >= 11 is 0. The van der Waals surface area contributed by atoms with Crippen LogP contribution in [0.25, 0.3) is 0 Å². The lowest BCUT2D eigenvalue weighted by Gasteiger charge is -2.10. The molecule has 2 N–H and O–H groups in total. The van der Waals surface area contributed by atoms with Crippen LogP contribution in [-0.2, 0) is 4.79 Å². The van der Waals surface area contributed by atoms with Crippen molar-refractivity contribution in [1.82, 2.24) is 0 Å². The monoisotopic (exact) mass is 312 g/mol. The molecule has 2 amide bonds. The van der Waals surface area contributed by atoms with Gasteiger partial charge in [0.1, 0.15) is 5.75 Å². The van der Waals surface area contributed by atoms with Crippen LogP contribution in [0.5, 0.6) is 5.75 Å². The number of carbonyl (C=O) groups is 2. The number of aryl methyl sites for hydroxylation is 1. The Hall–Kier alpha value is -2.82. The molecule has 0 aliphatic heterocycles. The highest BCUT2D eigenvalue weighted by molar-refractivity contribution is 6.04. The van der Waals surface area contributed by atoms with Crippen LogP contribution in [0.2, 0.25) is 0 Å². The second kappa shape index (κ2) is 7.45. The second-order valence-electron chi connectivity index (χ2n) is 5.13. The van der Waals surface area contributed by atoms with Crippen LogP contribution in [0, 0.1) is 6.92 Å². The Morgan fingerprint density at radius 2 is 1.65 bits per heavy atom. The van der Waals surface area contributed by atoms with E-state index < -0.39 is 0 Å². The summed E-state index contributed by atoms with van der Waals surface area (Å²) in [6.07, 6.45) is 0. The quantitative estimate of drug-likeness (QED) is 0.886. The van der Waals surface area contributed by atoms with E-state index in [1.807, 2.05) is 32.0 Å². The van der Waals surface area contributed by atoms with E-state index in [2.05, 4.69) is 10.6 Å². The molecule has 0 aromatic heterocycles. The zero-order valence-corrected chi connectivity index (χ0v) is 13.5. The van der Waals surface area contributed by atoms with Gasteiger partial charge in [-0.05, 0) is 61.9 Å². The van der Waals surface area contributed by atoms with Gasteiger partial charge >= 0.3 is 0 Å². The fourth-order valence-electron chi connectivity index (χ4n) is 2.16. The average molecular weight is 312 g/mol. The number of hydrogen-bond acceptors (Lipinski definition) is 3. The van der Waals surface area contributed by atoms with E-state index in [1.54, 1.807) is 24.3 Å². The number of hydrogen-bond donors (Lipinski definition) is 2. The van der Waals surface area contributed by atoms with E-state index in [-0.39, 0.29) is 11.8 Å². The van der Waals surface area contributed by atoms with Gasteiger partial charge in [0.25, 0.3) is 5.91 Å². The molecule has 5 nitrogen and oxygen atoms in total. The third kappa shape index (κ3) is 4.57. The fourth-order valence-corrected chi connectivity index (χ4v) is 2.16. The first kappa shape index (κ1) is 16.5. The molecule has 23 heavy (non-hydrogen) atoms. The minimum absolute atomic E-state index is 0.146. The molecule has 0 aliphatic rings. The SMILES string of the molecule is CCOc1ccc(NC(=O)c2ccc(NC(C)=O)cc2)cc1C. The molecular formula is C18H20N2O3. The molecule has 0 unspecified atom stereocenters. The van der Waals surface area contributed by atoms with E-state index >= 15 is 0 Å². The van der Waals surface area contributed by atoms with Crippen molar-refractivity contribution in [1.29, 1.82) is 0 Å². The number of carbonyl (C=O) groups excluding carboxylic acids is 2. The maximum atomic E-state index is 12.2. The Labute approximate surface area is 135 Å². The first-order chi connectivity index (χ1) is 11.0. The largest absolute Gasteiger partial charge is 0.494 e. The van der Waals surface area contributed by atoms with Gasteiger partial charge in [0.2, 0.25) is 5.91 Å². The standard InChI is InChI=1S/C18H20N2O3/c1-4-23-17-10-9-16(11-12(17)2)20-18(22)14-5-7-15(8-6-14)19-13(3)21/h5-11H,4H2,1-3H3,(H,19,21)(H,20,22). The Morgan fingerprint density at radius 1 is 1.00 bits per heavy atom. The Balaban J connectivity index is 2.06. The summed E-state index contributed by atoms with van der Waals surface area (Å²) in [5, 5.41) is 5.51. The summed E-state index contributed by atoms with van der Waals surface area (Å²) in [6, 6.07) is 12.2. The predicted molar refractivity (Wildman–Crippen MR) is 91.0 cm³/mol. The van der Waals surface area contributed by atoms with Crippen molar-refractivity contribution >= 4 is 23.2 Å². The van der Waals surface area contributed by atoms with E-state index in [9.17, 15) is 9.59 Å². The molecule has 0 heterocycles. The van der Waals surface area contributed by atoms with Crippen molar-refractivity contribution in [3.8, 4) is 5.75 Å². The summed E-state index contributed by atoms with van der Waals surface area (Å²) in [5.41, 5.74) is 2.85. The zero-order valence-electron chi connectivity index (χ0n) is 13.5. The third-order valence-electron chi connectivity index (χ3n) is 3.20. The molecule has 0 saturated carbocycles. The first-order valence-corrected chi connectivity index (χ1v) is 7.42. The first-order valence-electron chi connectivity index (χ1n) is 7.42. The minimum Gasteiger partial charge on any atom is -0.494 e. The predicted octanol–water partition coefficient (Wildman–Crippen LogP) is 3.60. The molecule has 0 spiro atoms. The minimum atomic E-state index is -0.206. The van der Waals surface area contributed by atoms with Gasteiger partial charge in [0, 0.05) is 23.9 Å². The summed E-state index contributed by atoms with van der Waals surface area (Å²) in [5.74, 6) is 0.458. The highest BCUT2D eigenvalue weighted by Gasteiger charge is 2.08. The molecule has 2 aromatic rings. The maximum Gasteiger partial charge on any atom is 0.255 e. The van der Waals surface area contributed by atoms with Gasteiger partial charge in [-0.2, -0.15) is 0 Å². The van der Waals surface area contributed by atoms with Crippen LogP contribution >= 0.6 is 0 Å². The molecule has 0 aliphatic carbocycles. The summed E-state index contributed by atoms with van der Waals surface area (Å²) in [4.78, 5) is 23.2.